The van der Waals surface area contributed by atoms with E-state index in [1.807, 2.05) is 4.90 Å². The lowest BCUT2D eigenvalue weighted by Gasteiger charge is -2.34. The van der Waals surface area contributed by atoms with Gasteiger partial charge in [-0.1, -0.05) is 0 Å². The number of carbonyl (C=O) groups excluding carboxylic acids is 1. The summed E-state index contributed by atoms with van der Waals surface area (Å²) in [5.74, 6) is 0.302. The monoisotopic (exact) mass is 367 g/mol. The van der Waals surface area contributed by atoms with E-state index in [4.69, 9.17) is 22.4 Å². The van der Waals surface area contributed by atoms with Crippen molar-refractivity contribution in [1.29, 1.82) is 0 Å². The molecule has 5 nitrogen and oxygen atoms in total. The lowest BCUT2D eigenvalue weighted by molar-refractivity contribution is 0.0660. The molecule has 0 atom stereocenters. The first-order chi connectivity index (χ1) is 7.68. The molecule has 0 unspecified atom stereocenters. The highest BCUT2D eigenvalue weighted by Gasteiger charge is 2.23. The fourth-order valence-corrected chi connectivity index (χ4v) is 1.87. The minimum absolute atomic E-state index is 0. The Balaban J connectivity index is 0.00000144. The number of halogens is 1. The third-order valence-electron chi connectivity index (χ3n) is 2.61. The predicted molar refractivity (Wildman–Crippen MR) is 78.4 cm³/mol. The van der Waals surface area contributed by atoms with Crippen LogP contribution in [0.1, 0.15) is 10.6 Å². The first-order valence-corrected chi connectivity index (χ1v) is 5.46. The maximum absolute atomic E-state index is 11.9. The Kier molecular flexibility index (Phi) is 5.19. The molecule has 1 aliphatic rings. The molecule has 1 aliphatic heterocycles. The third kappa shape index (κ3) is 3.32. The second-order valence-electron chi connectivity index (χ2n) is 3.59. The van der Waals surface area contributed by atoms with E-state index in [1.54, 1.807) is 17.0 Å². The standard InChI is InChI=1S/C10H13N3O2S.HI/c11-10(16)13-5-3-12(4-6-13)9(14)8-2-1-7-15-8;/h1-2,7H,3-6H2,(H2,11,16);1H. The molecule has 94 valence electrons. The molecule has 1 amide bonds. The van der Waals surface area contributed by atoms with Crippen LogP contribution < -0.4 is 5.73 Å². The maximum atomic E-state index is 11.9. The van der Waals surface area contributed by atoms with Gasteiger partial charge in [0.1, 0.15) is 0 Å². The average molecular weight is 367 g/mol. The van der Waals surface area contributed by atoms with E-state index in [0.717, 1.165) is 0 Å². The van der Waals surface area contributed by atoms with Crippen LogP contribution in [0.25, 0.3) is 0 Å². The zero-order valence-electron chi connectivity index (χ0n) is 9.17. The minimum atomic E-state index is -0.0763. The minimum Gasteiger partial charge on any atom is -0.459 e. The largest absolute Gasteiger partial charge is 0.459 e. The molecule has 0 bridgehead atoms. The zero-order chi connectivity index (χ0) is 11.5. The topological polar surface area (TPSA) is 62.7 Å². The SMILES string of the molecule is I.NC(=S)N1CCN(C(=O)c2ccco2)CC1. The summed E-state index contributed by atoms with van der Waals surface area (Å²) in [7, 11) is 0. The van der Waals surface area contributed by atoms with Crippen molar-refractivity contribution in [2.75, 3.05) is 26.2 Å². The van der Waals surface area contributed by atoms with E-state index in [2.05, 4.69) is 0 Å². The highest BCUT2D eigenvalue weighted by atomic mass is 127. The molecule has 1 aromatic heterocycles. The van der Waals surface area contributed by atoms with E-state index in [-0.39, 0.29) is 29.9 Å². The van der Waals surface area contributed by atoms with E-state index in [1.165, 1.54) is 6.26 Å². The summed E-state index contributed by atoms with van der Waals surface area (Å²) in [6.45, 7) is 2.61. The maximum Gasteiger partial charge on any atom is 0.289 e. The van der Waals surface area contributed by atoms with Gasteiger partial charge in [0.05, 0.1) is 6.26 Å². The van der Waals surface area contributed by atoms with Gasteiger partial charge >= 0.3 is 0 Å². The van der Waals surface area contributed by atoms with Crippen molar-refractivity contribution in [2.45, 2.75) is 0 Å². The van der Waals surface area contributed by atoms with Gasteiger partial charge in [-0.25, -0.2) is 0 Å². The number of rotatable bonds is 1. The van der Waals surface area contributed by atoms with E-state index in [0.29, 0.717) is 37.1 Å². The van der Waals surface area contributed by atoms with Crippen molar-refractivity contribution in [2.24, 2.45) is 5.73 Å². The second kappa shape index (κ2) is 6.20. The van der Waals surface area contributed by atoms with Crippen LogP contribution in [0, 0.1) is 0 Å². The van der Waals surface area contributed by atoms with E-state index >= 15 is 0 Å². The molecule has 2 heterocycles. The molecule has 0 aliphatic carbocycles. The van der Waals surface area contributed by atoms with E-state index in [9.17, 15) is 4.79 Å². The molecule has 2 N–H and O–H groups in total. The molecule has 0 spiro atoms. The number of nitrogens with zero attached hydrogens (tertiary/aromatic N) is 2. The van der Waals surface area contributed by atoms with Gasteiger partial charge in [0.15, 0.2) is 10.9 Å². The number of hydrogen-bond acceptors (Lipinski definition) is 3. The van der Waals surface area contributed by atoms with Crippen molar-refractivity contribution in [3.05, 3.63) is 24.2 Å². The number of furan rings is 1. The number of thiocarbonyl (C=S) groups is 1. The molecule has 0 saturated carbocycles. The fraction of sp³-hybridized carbons (Fsp3) is 0.400. The lowest BCUT2D eigenvalue weighted by Crippen LogP contribution is -2.51. The van der Waals surface area contributed by atoms with Gasteiger partial charge in [0, 0.05) is 26.2 Å². The zero-order valence-corrected chi connectivity index (χ0v) is 12.3. The quantitative estimate of drug-likeness (QED) is 0.590. The van der Waals surface area contributed by atoms with Crippen molar-refractivity contribution in [1.82, 2.24) is 9.80 Å². The first-order valence-electron chi connectivity index (χ1n) is 5.05. The molecule has 1 fully saturated rings. The Labute approximate surface area is 122 Å². The lowest BCUT2D eigenvalue weighted by atomic mass is 10.3. The Morgan fingerprint density at radius 2 is 1.88 bits per heavy atom. The number of piperazine rings is 1. The summed E-state index contributed by atoms with van der Waals surface area (Å²) in [4.78, 5) is 15.5. The van der Waals surface area contributed by atoms with Crippen molar-refractivity contribution >= 4 is 47.2 Å². The van der Waals surface area contributed by atoms with Crippen molar-refractivity contribution in [3.63, 3.8) is 0 Å². The summed E-state index contributed by atoms with van der Waals surface area (Å²) in [6, 6.07) is 3.38. The van der Waals surface area contributed by atoms with Crippen LogP contribution in [-0.4, -0.2) is 47.0 Å². The molecule has 7 heteroatoms. The van der Waals surface area contributed by atoms with Gasteiger partial charge in [-0.3, -0.25) is 4.79 Å². The highest BCUT2D eigenvalue weighted by Crippen LogP contribution is 2.09. The van der Waals surface area contributed by atoms with Crippen molar-refractivity contribution < 1.29 is 9.21 Å². The Morgan fingerprint density at radius 3 is 2.35 bits per heavy atom. The molecular weight excluding hydrogens is 353 g/mol. The third-order valence-corrected chi connectivity index (χ3v) is 2.87. The number of amides is 1. The van der Waals surface area contributed by atoms with Crippen LogP contribution in [0.3, 0.4) is 0 Å². The van der Waals surface area contributed by atoms with Crippen LogP contribution in [0.4, 0.5) is 0 Å². The number of nitrogens with two attached hydrogens (primary N) is 1. The normalized spacial score (nSPS) is 15.3. The predicted octanol–water partition coefficient (Wildman–Crippen LogP) is 0.899. The summed E-state index contributed by atoms with van der Waals surface area (Å²) in [6.07, 6.45) is 1.50. The van der Waals surface area contributed by atoms with E-state index < -0.39 is 0 Å². The number of carbonyl (C=O) groups is 1. The van der Waals surface area contributed by atoms with Crippen LogP contribution in [0.15, 0.2) is 22.8 Å². The van der Waals surface area contributed by atoms with Crippen LogP contribution in [-0.2, 0) is 0 Å². The molecule has 1 aromatic rings. The van der Waals surface area contributed by atoms with Crippen LogP contribution >= 0.6 is 36.2 Å². The fourth-order valence-electron chi connectivity index (χ4n) is 1.69. The highest BCUT2D eigenvalue weighted by molar-refractivity contribution is 14.0. The Bertz CT molecular complexity index is 388. The summed E-state index contributed by atoms with van der Waals surface area (Å²) in [5.41, 5.74) is 5.52. The Morgan fingerprint density at radius 1 is 1.29 bits per heavy atom. The first kappa shape index (κ1) is 14.2. The Hall–Kier alpha value is -0.830. The second-order valence-corrected chi connectivity index (χ2v) is 4.01. The summed E-state index contributed by atoms with van der Waals surface area (Å²) in [5, 5.41) is 0.394. The van der Waals surface area contributed by atoms with Gasteiger partial charge in [0.2, 0.25) is 0 Å². The number of hydrogen-bond donors (Lipinski definition) is 1. The smallest absolute Gasteiger partial charge is 0.289 e. The molecule has 17 heavy (non-hydrogen) atoms. The molecule has 0 aromatic carbocycles. The molecule has 2 rings (SSSR count). The van der Waals surface area contributed by atoms with Gasteiger partial charge in [-0.15, -0.1) is 24.0 Å². The van der Waals surface area contributed by atoms with Gasteiger partial charge in [0.25, 0.3) is 5.91 Å². The average Bonchev–Trinajstić information content (AvgIpc) is 2.81. The molecular formula is C10H14IN3O2S. The van der Waals surface area contributed by atoms with Crippen LogP contribution in [0.2, 0.25) is 0 Å². The van der Waals surface area contributed by atoms with Crippen LogP contribution in [0.5, 0.6) is 0 Å². The summed E-state index contributed by atoms with van der Waals surface area (Å²) < 4.78 is 5.07. The van der Waals surface area contributed by atoms with Gasteiger partial charge < -0.3 is 20.0 Å². The van der Waals surface area contributed by atoms with Crippen molar-refractivity contribution in [3.8, 4) is 0 Å². The molecule has 0 radical (unpaired) electrons. The summed E-state index contributed by atoms with van der Waals surface area (Å²) >= 11 is 4.88. The molecule has 1 saturated heterocycles. The van der Waals surface area contributed by atoms with Gasteiger partial charge in [-0.2, -0.15) is 0 Å². The van der Waals surface area contributed by atoms with Gasteiger partial charge in [-0.05, 0) is 24.4 Å².